The van der Waals surface area contributed by atoms with Crippen LogP contribution in [0.4, 0.5) is 0 Å². The van der Waals surface area contributed by atoms with Crippen LogP contribution in [0, 0.1) is 0 Å². The van der Waals surface area contributed by atoms with Gasteiger partial charge in [0.1, 0.15) is 0 Å². The zero-order valence-corrected chi connectivity index (χ0v) is 16.8. The van der Waals surface area contributed by atoms with E-state index in [1.54, 1.807) is 0 Å². The summed E-state index contributed by atoms with van der Waals surface area (Å²) in [5.41, 5.74) is 2.75. The standard InChI is InChI=1S/C22H28N2O2S/c1-17-21-18(8-14-27-21)7-11-24(17)15-20(25)23-16-22(9-12-26-13-10-22)19-5-3-2-4-6-19/h2-6,8,14,17H,7,9-13,15-16H2,1H3,(H,23,25). The van der Waals surface area contributed by atoms with Gasteiger partial charge in [0.2, 0.25) is 5.91 Å². The lowest BCUT2D eigenvalue weighted by atomic mass is 9.74. The molecule has 1 aromatic heterocycles. The molecule has 0 radical (unpaired) electrons. The van der Waals surface area contributed by atoms with Crippen LogP contribution in [0.15, 0.2) is 41.8 Å². The fourth-order valence-corrected chi connectivity index (χ4v) is 5.44. The van der Waals surface area contributed by atoms with Gasteiger partial charge in [-0.1, -0.05) is 30.3 Å². The molecule has 1 amide bonds. The molecule has 2 aliphatic heterocycles. The third-order valence-electron chi connectivity index (χ3n) is 6.18. The zero-order chi connectivity index (χ0) is 18.7. The predicted octanol–water partition coefficient (Wildman–Crippen LogP) is 3.53. The Morgan fingerprint density at radius 2 is 2.04 bits per heavy atom. The van der Waals surface area contributed by atoms with Crippen LogP contribution in [0.3, 0.4) is 0 Å². The highest BCUT2D eigenvalue weighted by Gasteiger charge is 2.35. The molecule has 1 aromatic carbocycles. The number of fused-ring (bicyclic) bond motifs is 1. The molecule has 0 saturated carbocycles. The smallest absolute Gasteiger partial charge is 0.234 e. The second-order valence-corrected chi connectivity index (χ2v) is 8.69. The summed E-state index contributed by atoms with van der Waals surface area (Å²) in [5.74, 6) is 0.128. The van der Waals surface area contributed by atoms with E-state index in [1.165, 1.54) is 16.0 Å². The molecular formula is C22H28N2O2S. The van der Waals surface area contributed by atoms with Gasteiger partial charge in [0.25, 0.3) is 0 Å². The first-order valence-electron chi connectivity index (χ1n) is 9.88. The third-order valence-corrected chi connectivity index (χ3v) is 7.31. The second kappa shape index (κ2) is 8.13. The molecule has 0 bridgehead atoms. The summed E-state index contributed by atoms with van der Waals surface area (Å²) in [6.07, 6.45) is 2.95. The molecule has 0 aliphatic carbocycles. The Morgan fingerprint density at radius 1 is 1.26 bits per heavy atom. The Kier molecular flexibility index (Phi) is 5.62. The maximum absolute atomic E-state index is 12.7. The topological polar surface area (TPSA) is 41.6 Å². The van der Waals surface area contributed by atoms with E-state index in [1.807, 2.05) is 17.4 Å². The molecule has 4 rings (SSSR count). The van der Waals surface area contributed by atoms with Crippen LogP contribution < -0.4 is 5.32 Å². The number of ether oxygens (including phenoxy) is 1. The van der Waals surface area contributed by atoms with Crippen molar-refractivity contribution in [2.45, 2.75) is 37.6 Å². The van der Waals surface area contributed by atoms with Crippen LogP contribution >= 0.6 is 11.3 Å². The Morgan fingerprint density at radius 3 is 2.81 bits per heavy atom. The highest BCUT2D eigenvalue weighted by atomic mass is 32.1. The van der Waals surface area contributed by atoms with E-state index in [0.29, 0.717) is 19.1 Å². The number of nitrogens with one attached hydrogen (secondary N) is 1. The average Bonchev–Trinajstić information content (AvgIpc) is 3.20. The van der Waals surface area contributed by atoms with Crippen molar-refractivity contribution in [2.75, 3.05) is 32.8 Å². The highest BCUT2D eigenvalue weighted by Crippen LogP contribution is 2.35. The van der Waals surface area contributed by atoms with Gasteiger partial charge in [-0.3, -0.25) is 9.69 Å². The van der Waals surface area contributed by atoms with Crippen LogP contribution in [0.1, 0.15) is 41.8 Å². The van der Waals surface area contributed by atoms with Crippen molar-refractivity contribution < 1.29 is 9.53 Å². The number of carbonyl (C=O) groups is 1. The van der Waals surface area contributed by atoms with E-state index >= 15 is 0 Å². The molecule has 3 heterocycles. The first-order valence-corrected chi connectivity index (χ1v) is 10.8. The summed E-state index contributed by atoms with van der Waals surface area (Å²) < 4.78 is 5.59. The number of benzene rings is 1. The molecular weight excluding hydrogens is 356 g/mol. The lowest BCUT2D eigenvalue weighted by molar-refractivity contribution is -0.123. The molecule has 2 aliphatic rings. The van der Waals surface area contributed by atoms with Gasteiger partial charge >= 0.3 is 0 Å². The van der Waals surface area contributed by atoms with Crippen LogP contribution in [-0.2, 0) is 21.4 Å². The van der Waals surface area contributed by atoms with Crippen molar-refractivity contribution in [3.8, 4) is 0 Å². The van der Waals surface area contributed by atoms with Crippen LogP contribution in [-0.4, -0.2) is 43.7 Å². The Labute approximate surface area is 165 Å². The van der Waals surface area contributed by atoms with Gasteiger partial charge < -0.3 is 10.1 Å². The van der Waals surface area contributed by atoms with Crippen molar-refractivity contribution in [3.63, 3.8) is 0 Å². The molecule has 5 heteroatoms. The molecule has 1 fully saturated rings. The number of amides is 1. The van der Waals surface area contributed by atoms with Crippen LogP contribution in [0.2, 0.25) is 0 Å². The molecule has 4 nitrogen and oxygen atoms in total. The summed E-state index contributed by atoms with van der Waals surface area (Å²) in [7, 11) is 0. The molecule has 27 heavy (non-hydrogen) atoms. The quantitative estimate of drug-likeness (QED) is 0.857. The number of nitrogens with zero attached hydrogens (tertiary/aromatic N) is 1. The summed E-state index contributed by atoms with van der Waals surface area (Å²) >= 11 is 1.81. The number of hydrogen-bond donors (Lipinski definition) is 1. The fraction of sp³-hybridized carbons (Fsp3) is 0.500. The minimum atomic E-state index is -0.0103. The van der Waals surface area contributed by atoms with E-state index in [2.05, 4.69) is 52.9 Å². The van der Waals surface area contributed by atoms with Gasteiger partial charge in [0.05, 0.1) is 6.54 Å². The van der Waals surface area contributed by atoms with E-state index in [0.717, 1.165) is 39.0 Å². The third kappa shape index (κ3) is 3.96. The van der Waals surface area contributed by atoms with Gasteiger partial charge in [-0.05, 0) is 48.8 Å². The minimum Gasteiger partial charge on any atom is -0.381 e. The summed E-state index contributed by atoms with van der Waals surface area (Å²) in [6.45, 7) is 5.84. The van der Waals surface area contributed by atoms with Crippen LogP contribution in [0.5, 0.6) is 0 Å². The molecule has 144 valence electrons. The SMILES string of the molecule is CC1c2sccc2CCN1CC(=O)NCC1(c2ccccc2)CCOCC1. The molecule has 1 atom stereocenters. The first-order chi connectivity index (χ1) is 13.2. The minimum absolute atomic E-state index is 0.0103. The van der Waals surface area contributed by atoms with Crippen molar-refractivity contribution in [1.82, 2.24) is 10.2 Å². The largest absolute Gasteiger partial charge is 0.381 e. The first kappa shape index (κ1) is 18.7. The van der Waals surface area contributed by atoms with E-state index in [4.69, 9.17) is 4.74 Å². The van der Waals surface area contributed by atoms with Crippen molar-refractivity contribution in [2.24, 2.45) is 0 Å². The summed E-state index contributed by atoms with van der Waals surface area (Å²) in [4.78, 5) is 16.5. The molecule has 1 saturated heterocycles. The lowest BCUT2D eigenvalue weighted by Gasteiger charge is -2.38. The fourth-order valence-electron chi connectivity index (χ4n) is 4.39. The van der Waals surface area contributed by atoms with E-state index < -0.39 is 0 Å². The number of hydrogen-bond acceptors (Lipinski definition) is 4. The normalized spacial score (nSPS) is 22.2. The average molecular weight is 385 g/mol. The van der Waals surface area contributed by atoms with Gasteiger partial charge in [0, 0.05) is 42.6 Å². The highest BCUT2D eigenvalue weighted by molar-refractivity contribution is 7.10. The molecule has 1 N–H and O–H groups in total. The number of rotatable bonds is 5. The van der Waals surface area contributed by atoms with Crippen molar-refractivity contribution in [1.29, 1.82) is 0 Å². The zero-order valence-electron chi connectivity index (χ0n) is 15.9. The number of thiophene rings is 1. The Hall–Kier alpha value is -1.69. The van der Waals surface area contributed by atoms with Gasteiger partial charge in [0.15, 0.2) is 0 Å². The summed E-state index contributed by atoms with van der Waals surface area (Å²) in [5, 5.41) is 5.41. The van der Waals surface area contributed by atoms with Gasteiger partial charge in [-0.2, -0.15) is 0 Å². The van der Waals surface area contributed by atoms with Crippen molar-refractivity contribution >= 4 is 17.2 Å². The monoisotopic (exact) mass is 384 g/mol. The lowest BCUT2D eigenvalue weighted by Crippen LogP contribution is -2.48. The molecule has 2 aromatic rings. The van der Waals surface area contributed by atoms with Crippen LogP contribution in [0.25, 0.3) is 0 Å². The van der Waals surface area contributed by atoms with E-state index in [-0.39, 0.29) is 11.3 Å². The maximum Gasteiger partial charge on any atom is 0.234 e. The predicted molar refractivity (Wildman–Crippen MR) is 109 cm³/mol. The molecule has 0 spiro atoms. The second-order valence-electron chi connectivity index (χ2n) is 7.74. The Balaban J connectivity index is 1.39. The van der Waals surface area contributed by atoms with Crippen molar-refractivity contribution in [3.05, 3.63) is 57.8 Å². The summed E-state index contributed by atoms with van der Waals surface area (Å²) in [6, 6.07) is 13.1. The molecule has 1 unspecified atom stereocenters. The Bertz CT molecular complexity index is 768. The van der Waals surface area contributed by atoms with E-state index in [9.17, 15) is 4.79 Å². The van der Waals surface area contributed by atoms with Gasteiger partial charge in [-0.25, -0.2) is 0 Å². The van der Waals surface area contributed by atoms with Gasteiger partial charge in [-0.15, -0.1) is 11.3 Å². The number of carbonyl (C=O) groups excluding carboxylic acids is 1. The maximum atomic E-state index is 12.7.